The highest BCUT2D eigenvalue weighted by molar-refractivity contribution is 5.94. The molecule has 0 atom stereocenters. The lowest BCUT2D eigenvalue weighted by Crippen LogP contribution is -2.17. The molecule has 0 aliphatic carbocycles. The summed E-state index contributed by atoms with van der Waals surface area (Å²) in [6, 6.07) is 16.0. The Morgan fingerprint density at radius 3 is 2.67 bits per heavy atom. The number of aromatic hydroxyl groups is 1. The summed E-state index contributed by atoms with van der Waals surface area (Å²) < 4.78 is 1.80. The number of phenolic OH excluding ortho intramolecular Hbond substituents is 1. The van der Waals surface area contributed by atoms with Gasteiger partial charge in [-0.15, -0.1) is 0 Å². The fourth-order valence-electron chi connectivity index (χ4n) is 2.15. The van der Waals surface area contributed by atoms with E-state index in [1.54, 1.807) is 10.9 Å². The van der Waals surface area contributed by atoms with Gasteiger partial charge in [-0.1, -0.05) is 30.3 Å². The van der Waals surface area contributed by atoms with Gasteiger partial charge in [0.1, 0.15) is 5.75 Å². The van der Waals surface area contributed by atoms with E-state index in [1.165, 1.54) is 30.5 Å². The van der Waals surface area contributed by atoms with Crippen LogP contribution in [0.3, 0.4) is 0 Å². The maximum atomic E-state index is 11.9. The van der Waals surface area contributed by atoms with Gasteiger partial charge < -0.3 is 5.11 Å². The Kier molecular flexibility index (Phi) is 4.67. The maximum absolute atomic E-state index is 11.9. The van der Waals surface area contributed by atoms with Crippen molar-refractivity contribution in [3.63, 3.8) is 0 Å². The lowest BCUT2D eigenvalue weighted by molar-refractivity contribution is 0.0955. The third-order valence-corrected chi connectivity index (χ3v) is 3.35. The third kappa shape index (κ3) is 4.07. The first-order valence-electron chi connectivity index (χ1n) is 7.39. The molecule has 0 fully saturated rings. The summed E-state index contributed by atoms with van der Waals surface area (Å²) in [5.74, 6) is -0.233. The first-order chi connectivity index (χ1) is 11.7. The topological polar surface area (TPSA) is 79.5 Å². The predicted molar refractivity (Wildman–Crippen MR) is 90.9 cm³/mol. The van der Waals surface area contributed by atoms with Crippen LogP contribution < -0.4 is 5.43 Å². The van der Waals surface area contributed by atoms with Crippen LogP contribution in [0.4, 0.5) is 0 Å². The molecular formula is C18H16N4O2. The van der Waals surface area contributed by atoms with Gasteiger partial charge in [-0.2, -0.15) is 10.2 Å². The van der Waals surface area contributed by atoms with Crippen LogP contribution in [-0.4, -0.2) is 27.0 Å². The van der Waals surface area contributed by atoms with Gasteiger partial charge in [0.15, 0.2) is 0 Å². The summed E-state index contributed by atoms with van der Waals surface area (Å²) in [7, 11) is 0. The van der Waals surface area contributed by atoms with E-state index < -0.39 is 0 Å². The zero-order chi connectivity index (χ0) is 16.8. The van der Waals surface area contributed by atoms with E-state index in [0.717, 1.165) is 11.1 Å². The zero-order valence-electron chi connectivity index (χ0n) is 12.8. The van der Waals surface area contributed by atoms with Crippen molar-refractivity contribution in [3.8, 4) is 5.75 Å². The molecule has 1 aromatic heterocycles. The van der Waals surface area contributed by atoms with Crippen molar-refractivity contribution in [1.29, 1.82) is 0 Å². The van der Waals surface area contributed by atoms with Crippen LogP contribution in [0.25, 0.3) is 0 Å². The number of carbonyl (C=O) groups is 1. The zero-order valence-corrected chi connectivity index (χ0v) is 12.8. The smallest absolute Gasteiger partial charge is 0.271 e. The molecule has 1 amide bonds. The van der Waals surface area contributed by atoms with Gasteiger partial charge in [0.25, 0.3) is 5.91 Å². The standard InChI is InChI=1S/C18H16N4O2/c23-17-8-6-16(7-9-17)18(24)21-19-10-15-11-20-22(13-15)12-14-4-2-1-3-5-14/h1-11,13,23H,12H2,(H,21,24)/b19-10-. The number of aromatic nitrogens is 2. The molecular weight excluding hydrogens is 304 g/mol. The average Bonchev–Trinajstić information content (AvgIpc) is 3.03. The molecule has 0 spiro atoms. The number of rotatable bonds is 5. The van der Waals surface area contributed by atoms with Crippen LogP contribution in [-0.2, 0) is 6.54 Å². The van der Waals surface area contributed by atoms with Gasteiger partial charge in [0, 0.05) is 17.3 Å². The highest BCUT2D eigenvalue weighted by Crippen LogP contribution is 2.09. The molecule has 0 bridgehead atoms. The average molecular weight is 320 g/mol. The largest absolute Gasteiger partial charge is 0.508 e. The van der Waals surface area contributed by atoms with Crippen molar-refractivity contribution in [3.05, 3.63) is 83.7 Å². The summed E-state index contributed by atoms with van der Waals surface area (Å²) in [5.41, 5.74) is 4.80. The summed E-state index contributed by atoms with van der Waals surface area (Å²) in [4.78, 5) is 11.9. The number of hydrogen-bond acceptors (Lipinski definition) is 4. The molecule has 2 N–H and O–H groups in total. The number of amides is 1. The van der Waals surface area contributed by atoms with Gasteiger partial charge in [-0.25, -0.2) is 5.43 Å². The molecule has 0 saturated heterocycles. The number of nitrogens with zero attached hydrogens (tertiary/aromatic N) is 3. The first-order valence-corrected chi connectivity index (χ1v) is 7.39. The lowest BCUT2D eigenvalue weighted by atomic mass is 10.2. The summed E-state index contributed by atoms with van der Waals surface area (Å²) >= 11 is 0. The molecule has 6 nitrogen and oxygen atoms in total. The SMILES string of the molecule is O=C(N/N=C\c1cnn(Cc2ccccc2)c1)c1ccc(O)cc1. The molecule has 24 heavy (non-hydrogen) atoms. The summed E-state index contributed by atoms with van der Waals surface area (Å²) in [6.45, 7) is 0.675. The highest BCUT2D eigenvalue weighted by atomic mass is 16.3. The number of hydrazone groups is 1. The lowest BCUT2D eigenvalue weighted by Gasteiger charge is -2.00. The van der Waals surface area contributed by atoms with Crippen molar-refractivity contribution in [1.82, 2.24) is 15.2 Å². The van der Waals surface area contributed by atoms with Gasteiger partial charge in [0.05, 0.1) is 19.0 Å². The molecule has 2 aromatic carbocycles. The number of hydrogen-bond donors (Lipinski definition) is 2. The van der Waals surface area contributed by atoms with Gasteiger partial charge >= 0.3 is 0 Å². The van der Waals surface area contributed by atoms with Gasteiger partial charge in [0.2, 0.25) is 0 Å². The van der Waals surface area contributed by atoms with Crippen molar-refractivity contribution >= 4 is 12.1 Å². The molecule has 0 saturated carbocycles. The van der Waals surface area contributed by atoms with Gasteiger partial charge in [-0.05, 0) is 29.8 Å². The Balaban J connectivity index is 1.57. The number of benzene rings is 2. The Hall–Kier alpha value is -3.41. The molecule has 3 aromatic rings. The normalized spacial score (nSPS) is 10.8. The third-order valence-electron chi connectivity index (χ3n) is 3.35. The van der Waals surface area contributed by atoms with E-state index in [9.17, 15) is 9.90 Å². The van der Waals surface area contributed by atoms with Crippen LogP contribution in [0.15, 0.2) is 72.1 Å². The van der Waals surface area contributed by atoms with Crippen LogP contribution >= 0.6 is 0 Å². The van der Waals surface area contributed by atoms with E-state index >= 15 is 0 Å². The Morgan fingerprint density at radius 1 is 1.17 bits per heavy atom. The predicted octanol–water partition coefficient (Wildman–Crippen LogP) is 2.40. The van der Waals surface area contributed by atoms with Crippen molar-refractivity contribution in [2.75, 3.05) is 0 Å². The maximum Gasteiger partial charge on any atom is 0.271 e. The van der Waals surface area contributed by atoms with Crippen LogP contribution in [0.2, 0.25) is 0 Å². The van der Waals surface area contributed by atoms with E-state index in [0.29, 0.717) is 12.1 Å². The Labute approximate surface area is 139 Å². The second-order valence-electron chi connectivity index (χ2n) is 5.20. The molecule has 0 unspecified atom stereocenters. The molecule has 6 heteroatoms. The summed E-state index contributed by atoms with van der Waals surface area (Å²) in [6.07, 6.45) is 5.06. The molecule has 0 aliphatic rings. The molecule has 3 rings (SSSR count). The minimum Gasteiger partial charge on any atom is -0.508 e. The quantitative estimate of drug-likeness (QED) is 0.559. The van der Waals surface area contributed by atoms with Crippen molar-refractivity contribution in [2.45, 2.75) is 6.54 Å². The van der Waals surface area contributed by atoms with Crippen LogP contribution in [0.5, 0.6) is 5.75 Å². The van der Waals surface area contributed by atoms with Crippen LogP contribution in [0, 0.1) is 0 Å². The number of carbonyl (C=O) groups excluding carboxylic acids is 1. The van der Waals surface area contributed by atoms with E-state index in [-0.39, 0.29) is 11.7 Å². The fourth-order valence-corrected chi connectivity index (χ4v) is 2.15. The number of phenols is 1. The van der Waals surface area contributed by atoms with Crippen molar-refractivity contribution < 1.29 is 9.90 Å². The monoisotopic (exact) mass is 320 g/mol. The molecule has 0 aliphatic heterocycles. The van der Waals surface area contributed by atoms with E-state index in [4.69, 9.17) is 0 Å². The van der Waals surface area contributed by atoms with E-state index in [1.807, 2.05) is 36.5 Å². The minimum atomic E-state index is -0.345. The Bertz CT molecular complexity index is 839. The minimum absolute atomic E-state index is 0.112. The second kappa shape index (κ2) is 7.23. The fraction of sp³-hybridized carbons (Fsp3) is 0.0556. The van der Waals surface area contributed by atoms with Crippen molar-refractivity contribution in [2.24, 2.45) is 5.10 Å². The van der Waals surface area contributed by atoms with Crippen LogP contribution in [0.1, 0.15) is 21.5 Å². The summed E-state index contributed by atoms with van der Waals surface area (Å²) in [5, 5.41) is 17.4. The van der Waals surface area contributed by atoms with Gasteiger partial charge in [-0.3, -0.25) is 9.48 Å². The first kappa shape index (κ1) is 15.5. The number of nitrogens with one attached hydrogen (secondary N) is 1. The molecule has 1 heterocycles. The Morgan fingerprint density at radius 2 is 1.92 bits per heavy atom. The van der Waals surface area contributed by atoms with E-state index in [2.05, 4.69) is 15.6 Å². The molecule has 120 valence electrons. The highest BCUT2D eigenvalue weighted by Gasteiger charge is 2.03. The second-order valence-corrected chi connectivity index (χ2v) is 5.20. The molecule has 0 radical (unpaired) electrons.